The first-order valence-corrected chi connectivity index (χ1v) is 7.77. The molecule has 1 aromatic carbocycles. The lowest BCUT2D eigenvalue weighted by Gasteiger charge is -2.10. The molecule has 2 rings (SSSR count). The van der Waals surface area contributed by atoms with E-state index in [0.717, 1.165) is 22.6 Å². The minimum atomic E-state index is -1.96. The molecule has 0 aromatic heterocycles. The van der Waals surface area contributed by atoms with Crippen molar-refractivity contribution in [2.45, 2.75) is 20.5 Å². The Morgan fingerprint density at radius 3 is 2.08 bits per heavy atom. The smallest absolute Gasteiger partial charge is 0.310 e. The Labute approximate surface area is 147 Å². The molecular weight excluding hydrogens is 453 g/mol. The molecule has 1 aliphatic carbocycles. The second kappa shape index (κ2) is 6.57. The third-order valence-corrected chi connectivity index (χ3v) is 5.08. The van der Waals surface area contributed by atoms with Crippen molar-refractivity contribution < 1.29 is 35.9 Å². The first kappa shape index (κ1) is 19.1. The molecule has 1 aromatic rings. The Bertz CT molecular complexity index is 698. The van der Waals surface area contributed by atoms with E-state index in [9.17, 15) is 31.1 Å². The minimum Gasteiger partial charge on any atom is -0.460 e. The van der Waals surface area contributed by atoms with Crippen LogP contribution in [0, 0.1) is 44.1 Å². The second-order valence-corrected chi connectivity index (χ2v) is 7.02. The fourth-order valence-corrected chi connectivity index (χ4v) is 3.06. The van der Waals surface area contributed by atoms with E-state index in [2.05, 4.69) is 4.74 Å². The van der Waals surface area contributed by atoms with E-state index in [4.69, 9.17) is 0 Å². The molecule has 0 N–H and O–H groups in total. The van der Waals surface area contributed by atoms with E-state index in [-0.39, 0.29) is 0 Å². The highest BCUT2D eigenvalue weighted by molar-refractivity contribution is 14.1. The number of hydrogen-bond acceptors (Lipinski definition) is 2. The first-order chi connectivity index (χ1) is 11.0. The number of halogens is 7. The number of rotatable bonds is 4. The van der Waals surface area contributed by atoms with Crippen molar-refractivity contribution in [1.82, 2.24) is 0 Å². The van der Waals surface area contributed by atoms with Crippen LogP contribution in [0.5, 0.6) is 0 Å². The van der Waals surface area contributed by atoms with Gasteiger partial charge in [-0.15, -0.1) is 0 Å². The zero-order chi connectivity index (χ0) is 18.4. The number of carbonyl (C=O) groups is 1. The van der Waals surface area contributed by atoms with Crippen LogP contribution >= 0.6 is 22.6 Å². The number of carbonyl (C=O) groups excluding carboxylic acids is 1. The Kier molecular flexibility index (Phi) is 5.22. The summed E-state index contributed by atoms with van der Waals surface area (Å²) in [5.41, 5.74) is -1.87. The van der Waals surface area contributed by atoms with Crippen LogP contribution in [0.1, 0.15) is 19.4 Å². The van der Waals surface area contributed by atoms with Crippen molar-refractivity contribution in [2.24, 2.45) is 17.3 Å². The predicted molar refractivity (Wildman–Crippen MR) is 79.8 cm³/mol. The van der Waals surface area contributed by atoms with Gasteiger partial charge in [0.2, 0.25) is 0 Å². The van der Waals surface area contributed by atoms with Crippen molar-refractivity contribution >= 4 is 28.6 Å². The summed E-state index contributed by atoms with van der Waals surface area (Å²) in [5.74, 6) is -9.18. The molecule has 0 aliphatic heterocycles. The molecule has 1 aliphatic rings. The lowest BCUT2D eigenvalue weighted by Crippen LogP contribution is -2.14. The zero-order valence-corrected chi connectivity index (χ0v) is 14.6. The third-order valence-electron chi connectivity index (χ3n) is 4.13. The van der Waals surface area contributed by atoms with Crippen molar-refractivity contribution in [3.8, 4) is 0 Å². The number of allylic oxidation sites excluding steroid dienone is 1. The molecule has 0 amide bonds. The van der Waals surface area contributed by atoms with Gasteiger partial charge in [-0.1, -0.05) is 13.8 Å². The van der Waals surface area contributed by atoms with Gasteiger partial charge in [-0.3, -0.25) is 4.79 Å². The van der Waals surface area contributed by atoms with Gasteiger partial charge in [-0.05, 0) is 34.1 Å². The third kappa shape index (κ3) is 3.27. The fraction of sp³-hybridized carbons (Fsp3) is 0.400. The van der Waals surface area contributed by atoms with E-state index < -0.39 is 68.3 Å². The highest BCUT2D eigenvalue weighted by Crippen LogP contribution is 2.60. The van der Waals surface area contributed by atoms with Crippen LogP contribution in [0.3, 0.4) is 0 Å². The van der Waals surface area contributed by atoms with Crippen LogP contribution < -0.4 is 0 Å². The van der Waals surface area contributed by atoms with Crippen molar-refractivity contribution in [3.05, 3.63) is 44.6 Å². The molecule has 2 nitrogen and oxygen atoms in total. The monoisotopic (exact) mass is 464 g/mol. The van der Waals surface area contributed by atoms with Crippen LogP contribution in [0.2, 0.25) is 0 Å². The van der Waals surface area contributed by atoms with Gasteiger partial charge in [0.15, 0.2) is 23.3 Å². The number of benzene rings is 1. The van der Waals surface area contributed by atoms with E-state index in [1.165, 1.54) is 0 Å². The maximum Gasteiger partial charge on any atom is 0.310 e. The van der Waals surface area contributed by atoms with Gasteiger partial charge in [0.05, 0.1) is 15.1 Å². The van der Waals surface area contributed by atoms with Gasteiger partial charge in [-0.25, -0.2) is 17.6 Å². The summed E-state index contributed by atoms with van der Waals surface area (Å²) in [6.45, 7) is 2.06. The summed E-state index contributed by atoms with van der Waals surface area (Å²) in [6, 6.07) is 0. The number of ether oxygens (including phenoxy) is 1. The molecule has 1 fully saturated rings. The minimum absolute atomic E-state index is 0.608. The van der Waals surface area contributed by atoms with Crippen molar-refractivity contribution in [1.29, 1.82) is 0 Å². The summed E-state index contributed by atoms with van der Waals surface area (Å²) in [4.78, 5) is 11.9. The summed E-state index contributed by atoms with van der Waals surface area (Å²) in [7, 11) is 0. The fourth-order valence-electron chi connectivity index (χ4n) is 2.58. The maximum absolute atomic E-state index is 13.7. The zero-order valence-electron chi connectivity index (χ0n) is 12.4. The largest absolute Gasteiger partial charge is 0.460 e. The topological polar surface area (TPSA) is 26.3 Å². The first-order valence-electron chi connectivity index (χ1n) is 6.69. The second-order valence-electron chi connectivity index (χ2n) is 5.94. The predicted octanol–water partition coefficient (Wildman–Crippen LogP) is 4.94. The molecule has 2 atom stereocenters. The molecule has 0 bridgehead atoms. The number of hydrogen-bond donors (Lipinski definition) is 0. The highest BCUT2D eigenvalue weighted by Gasteiger charge is 2.62. The Hall–Kier alpha value is -1.26. The van der Waals surface area contributed by atoms with Crippen LogP contribution in [0.25, 0.3) is 0 Å². The Morgan fingerprint density at radius 1 is 1.12 bits per heavy atom. The van der Waals surface area contributed by atoms with Crippen molar-refractivity contribution in [3.63, 3.8) is 0 Å². The molecular formula is C15H11F6IO2. The van der Waals surface area contributed by atoms with Gasteiger partial charge in [0.1, 0.15) is 6.61 Å². The Morgan fingerprint density at radius 2 is 1.62 bits per heavy atom. The van der Waals surface area contributed by atoms with Crippen LogP contribution in [-0.2, 0) is 16.1 Å². The molecule has 132 valence electrons. The standard InChI is InChI=1S/C15H11F6IO2/c1-15(2)6(3-7(16)17)8(15)14(23)24-4-5-9(18)11(20)13(22)12(21)10(5)19/h3,6,8H,4H2,1-2H3/t6-,8+/m1/s1. The van der Waals surface area contributed by atoms with E-state index >= 15 is 0 Å². The molecule has 24 heavy (non-hydrogen) atoms. The summed E-state index contributed by atoms with van der Waals surface area (Å²) in [5, 5.41) is 0. The molecule has 9 heteroatoms. The van der Waals surface area contributed by atoms with Gasteiger partial charge in [0, 0.05) is 5.92 Å². The molecule has 0 unspecified atom stereocenters. The highest BCUT2D eigenvalue weighted by atomic mass is 127. The van der Waals surface area contributed by atoms with E-state index in [0.29, 0.717) is 6.08 Å². The van der Waals surface area contributed by atoms with Crippen LogP contribution in [0.4, 0.5) is 26.3 Å². The summed E-state index contributed by atoms with van der Waals surface area (Å²) in [6.07, 6.45) is -1.35. The summed E-state index contributed by atoms with van der Waals surface area (Å²) < 4.78 is 82.7. The van der Waals surface area contributed by atoms with Gasteiger partial charge >= 0.3 is 5.97 Å². The Balaban J connectivity index is 2.16. The van der Waals surface area contributed by atoms with Crippen molar-refractivity contribution in [2.75, 3.05) is 0 Å². The van der Waals surface area contributed by atoms with Crippen LogP contribution in [0.15, 0.2) is 12.2 Å². The molecule has 0 saturated heterocycles. The molecule has 1 saturated carbocycles. The normalized spacial score (nSPS) is 21.4. The van der Waals surface area contributed by atoms with Gasteiger partial charge < -0.3 is 4.74 Å². The molecule has 0 heterocycles. The summed E-state index contributed by atoms with van der Waals surface area (Å²) >= 11 is 1.10. The van der Waals surface area contributed by atoms with Crippen LogP contribution in [-0.4, -0.2) is 5.97 Å². The van der Waals surface area contributed by atoms with Gasteiger partial charge in [-0.2, -0.15) is 8.78 Å². The molecule has 0 radical (unpaired) electrons. The average molecular weight is 464 g/mol. The lowest BCUT2D eigenvalue weighted by atomic mass is 10.1. The number of esters is 1. The maximum atomic E-state index is 13.7. The van der Waals surface area contributed by atoms with E-state index in [1.54, 1.807) is 13.8 Å². The van der Waals surface area contributed by atoms with Gasteiger partial charge in [0.25, 0.3) is 6.08 Å². The SMILES string of the molecule is CC1(C)[C@H](C=C(F)F)[C@H]1C(=O)OCc1c(F)c(F)c(I)c(F)c1F. The molecule has 0 spiro atoms. The average Bonchev–Trinajstić information content (AvgIpc) is 3.02. The van der Waals surface area contributed by atoms with E-state index in [1.807, 2.05) is 0 Å². The lowest BCUT2D eigenvalue weighted by molar-refractivity contribution is -0.147. The quantitative estimate of drug-likeness (QED) is 0.208.